The Hall–Kier alpha value is -3.18. The van der Waals surface area contributed by atoms with Gasteiger partial charge in [-0.1, -0.05) is 29.8 Å². The molecule has 3 heterocycles. The SMILES string of the molecule is Cc1ccc(C2(Nc3nc(C)c(-c4nc5cnccc5s4)c(NC4(O)CCC(CO)C4O)n3)CC2)cc1. The van der Waals surface area contributed by atoms with Crippen molar-refractivity contribution >= 4 is 33.3 Å². The number of benzene rings is 1. The maximum atomic E-state index is 11.4. The van der Waals surface area contributed by atoms with Crippen molar-refractivity contribution in [2.45, 2.75) is 56.9 Å². The summed E-state index contributed by atoms with van der Waals surface area (Å²) in [5.41, 5.74) is 2.66. The topological polar surface area (TPSA) is 136 Å². The quantitative estimate of drug-likeness (QED) is 0.232. The van der Waals surface area contributed by atoms with E-state index in [1.165, 1.54) is 22.5 Å². The van der Waals surface area contributed by atoms with Gasteiger partial charge in [0.1, 0.15) is 22.4 Å². The molecule has 0 aliphatic heterocycles. The van der Waals surface area contributed by atoms with Crippen LogP contribution >= 0.6 is 11.3 Å². The van der Waals surface area contributed by atoms with Gasteiger partial charge < -0.3 is 26.0 Å². The predicted octanol–water partition coefficient (Wildman–Crippen LogP) is 3.73. The number of aliphatic hydroxyl groups excluding tert-OH is 2. The van der Waals surface area contributed by atoms with E-state index in [1.54, 1.807) is 12.4 Å². The molecule has 0 bridgehead atoms. The number of nitrogens with one attached hydrogen (secondary N) is 2. The predicted molar refractivity (Wildman–Crippen MR) is 143 cm³/mol. The first-order valence-corrected chi connectivity index (χ1v) is 13.4. The van der Waals surface area contributed by atoms with Crippen LogP contribution < -0.4 is 10.6 Å². The molecule has 0 saturated heterocycles. The van der Waals surface area contributed by atoms with Crippen LogP contribution in [0.1, 0.15) is 42.5 Å². The highest BCUT2D eigenvalue weighted by atomic mass is 32.1. The maximum Gasteiger partial charge on any atom is 0.225 e. The third-order valence-electron chi connectivity index (χ3n) is 7.60. The van der Waals surface area contributed by atoms with Gasteiger partial charge in [0.05, 0.1) is 27.7 Å². The van der Waals surface area contributed by atoms with Crippen molar-refractivity contribution in [3.05, 3.63) is 59.5 Å². The first kappa shape index (κ1) is 24.2. The van der Waals surface area contributed by atoms with E-state index in [4.69, 9.17) is 15.0 Å². The third kappa shape index (κ3) is 4.33. The lowest BCUT2D eigenvalue weighted by atomic mass is 10.0. The molecule has 9 nitrogen and oxygen atoms in total. The number of pyridine rings is 1. The molecule has 192 valence electrons. The Bertz CT molecular complexity index is 1420. The van der Waals surface area contributed by atoms with E-state index in [-0.39, 0.29) is 18.6 Å². The van der Waals surface area contributed by atoms with E-state index in [9.17, 15) is 15.3 Å². The van der Waals surface area contributed by atoms with E-state index in [2.05, 4.69) is 46.8 Å². The second kappa shape index (κ2) is 8.98. The molecular formula is C27H30N6O3S. The standard InChI is InChI=1S/C27H30N6O3S/c1-15-3-5-18(6-4-15)26(10-11-26)33-25-29-16(2)21(24-30-19-13-28-12-8-20(19)37-24)23(31-25)32-27(36)9-7-17(14-34)22(27)35/h3-6,8,12-13,17,22,34-36H,7,9-11,14H2,1-2H3,(H2,29,31,32,33). The van der Waals surface area contributed by atoms with Gasteiger partial charge in [0.15, 0.2) is 5.72 Å². The average Bonchev–Trinajstić information content (AvgIpc) is 3.43. The van der Waals surface area contributed by atoms with Gasteiger partial charge in [-0.25, -0.2) is 9.97 Å². The molecule has 4 aromatic rings. The molecule has 0 spiro atoms. The Morgan fingerprint density at radius 3 is 2.49 bits per heavy atom. The highest BCUT2D eigenvalue weighted by Crippen LogP contribution is 2.48. The molecule has 3 atom stereocenters. The van der Waals surface area contributed by atoms with Crippen LogP contribution in [0.3, 0.4) is 0 Å². The number of hydrogen-bond acceptors (Lipinski definition) is 10. The van der Waals surface area contributed by atoms with Gasteiger partial charge in [-0.15, -0.1) is 11.3 Å². The second-order valence-electron chi connectivity index (χ2n) is 10.3. The van der Waals surface area contributed by atoms with Crippen LogP contribution in [0.15, 0.2) is 42.7 Å². The summed E-state index contributed by atoms with van der Waals surface area (Å²) in [5.74, 6) is 0.424. The normalized spacial score (nSPS) is 24.4. The van der Waals surface area contributed by atoms with Crippen molar-refractivity contribution in [1.82, 2.24) is 19.9 Å². The first-order chi connectivity index (χ1) is 17.8. The minimum absolute atomic E-state index is 0.197. The summed E-state index contributed by atoms with van der Waals surface area (Å²) >= 11 is 1.50. The summed E-state index contributed by atoms with van der Waals surface area (Å²) in [6.07, 6.45) is 5.01. The third-order valence-corrected chi connectivity index (χ3v) is 8.65. The summed E-state index contributed by atoms with van der Waals surface area (Å²) < 4.78 is 0.980. The minimum atomic E-state index is -1.63. The van der Waals surface area contributed by atoms with Gasteiger partial charge in [-0.3, -0.25) is 4.98 Å². The molecular weight excluding hydrogens is 488 g/mol. The lowest BCUT2D eigenvalue weighted by Gasteiger charge is -2.31. The molecule has 2 aliphatic rings. The summed E-state index contributed by atoms with van der Waals surface area (Å²) in [5, 5.41) is 39.2. The average molecular weight is 519 g/mol. The van der Waals surface area contributed by atoms with Gasteiger partial charge in [-0.2, -0.15) is 4.98 Å². The molecule has 2 saturated carbocycles. The van der Waals surface area contributed by atoms with Crippen LogP contribution in [0, 0.1) is 19.8 Å². The number of aliphatic hydroxyl groups is 3. The summed E-state index contributed by atoms with van der Waals surface area (Å²) in [4.78, 5) is 18.6. The summed E-state index contributed by atoms with van der Waals surface area (Å²) in [7, 11) is 0. The van der Waals surface area contributed by atoms with Crippen molar-refractivity contribution in [3.63, 3.8) is 0 Å². The highest BCUT2D eigenvalue weighted by molar-refractivity contribution is 7.21. The lowest BCUT2D eigenvalue weighted by Crippen LogP contribution is -2.48. The first-order valence-electron chi connectivity index (χ1n) is 12.5. The molecule has 37 heavy (non-hydrogen) atoms. The zero-order chi connectivity index (χ0) is 25.8. The summed E-state index contributed by atoms with van der Waals surface area (Å²) in [6.45, 7) is 3.77. The Morgan fingerprint density at radius 1 is 1.03 bits per heavy atom. The van der Waals surface area contributed by atoms with Crippen molar-refractivity contribution in [2.24, 2.45) is 5.92 Å². The van der Waals surface area contributed by atoms with E-state index in [1.807, 2.05) is 13.0 Å². The number of thiazole rings is 1. The number of hydrogen-bond donors (Lipinski definition) is 5. The Balaban J connectivity index is 1.42. The zero-order valence-corrected chi connectivity index (χ0v) is 21.6. The van der Waals surface area contributed by atoms with E-state index in [0.717, 1.165) is 23.1 Å². The van der Waals surface area contributed by atoms with Crippen LogP contribution in [0.2, 0.25) is 0 Å². The highest BCUT2D eigenvalue weighted by Gasteiger charge is 2.48. The molecule has 3 aromatic heterocycles. The molecule has 5 N–H and O–H groups in total. The van der Waals surface area contributed by atoms with Crippen LogP contribution in [0.4, 0.5) is 11.8 Å². The maximum absolute atomic E-state index is 11.4. The van der Waals surface area contributed by atoms with E-state index < -0.39 is 17.7 Å². The van der Waals surface area contributed by atoms with E-state index in [0.29, 0.717) is 34.5 Å². The number of rotatable bonds is 7. The molecule has 2 fully saturated rings. The van der Waals surface area contributed by atoms with Gasteiger partial charge in [0, 0.05) is 18.7 Å². The zero-order valence-electron chi connectivity index (χ0n) is 20.8. The molecule has 1 aromatic carbocycles. The Morgan fingerprint density at radius 2 is 1.81 bits per heavy atom. The Kier molecular flexibility index (Phi) is 5.87. The molecule has 10 heteroatoms. The Labute approximate surface area is 218 Å². The smallest absolute Gasteiger partial charge is 0.225 e. The van der Waals surface area contributed by atoms with Crippen molar-refractivity contribution in [2.75, 3.05) is 17.2 Å². The molecule has 2 aliphatic carbocycles. The monoisotopic (exact) mass is 518 g/mol. The summed E-state index contributed by atoms with van der Waals surface area (Å²) in [6, 6.07) is 10.4. The van der Waals surface area contributed by atoms with E-state index >= 15 is 0 Å². The van der Waals surface area contributed by atoms with Crippen LogP contribution in [-0.2, 0) is 5.54 Å². The fraction of sp³-hybridized carbons (Fsp3) is 0.407. The van der Waals surface area contributed by atoms with Crippen molar-refractivity contribution in [1.29, 1.82) is 0 Å². The van der Waals surface area contributed by atoms with Crippen molar-refractivity contribution < 1.29 is 15.3 Å². The number of nitrogens with zero attached hydrogens (tertiary/aromatic N) is 4. The molecule has 6 rings (SSSR count). The van der Waals surface area contributed by atoms with Gasteiger partial charge in [0.2, 0.25) is 5.95 Å². The van der Waals surface area contributed by atoms with Gasteiger partial charge >= 0.3 is 0 Å². The van der Waals surface area contributed by atoms with Crippen molar-refractivity contribution in [3.8, 4) is 10.6 Å². The number of anilines is 2. The second-order valence-corrected chi connectivity index (χ2v) is 11.3. The number of fused-ring (bicyclic) bond motifs is 1. The largest absolute Gasteiger partial charge is 0.396 e. The fourth-order valence-electron chi connectivity index (χ4n) is 5.19. The molecule has 0 amide bonds. The van der Waals surface area contributed by atoms with Crippen LogP contribution in [0.5, 0.6) is 0 Å². The van der Waals surface area contributed by atoms with Gasteiger partial charge in [0.25, 0.3) is 0 Å². The molecule has 0 radical (unpaired) electrons. The van der Waals surface area contributed by atoms with Crippen LogP contribution in [-0.4, -0.2) is 53.7 Å². The fourth-order valence-corrected chi connectivity index (χ4v) is 6.22. The lowest BCUT2D eigenvalue weighted by molar-refractivity contribution is -0.0545. The molecule has 3 unspecified atom stereocenters. The van der Waals surface area contributed by atoms with Gasteiger partial charge in [-0.05, 0) is 51.2 Å². The minimum Gasteiger partial charge on any atom is -0.396 e. The number of aromatic nitrogens is 4. The number of aryl methyl sites for hydroxylation is 2. The van der Waals surface area contributed by atoms with Crippen LogP contribution in [0.25, 0.3) is 20.8 Å².